The summed E-state index contributed by atoms with van der Waals surface area (Å²) < 4.78 is 33.6. The molecule has 1 unspecified atom stereocenters. The zero-order valence-corrected chi connectivity index (χ0v) is 17.2. The van der Waals surface area contributed by atoms with Gasteiger partial charge in [0.25, 0.3) is 5.91 Å². The van der Waals surface area contributed by atoms with Crippen LogP contribution in [0.1, 0.15) is 40.4 Å². The quantitative estimate of drug-likeness (QED) is 0.740. The molecular formula is C21H25NO5S. The van der Waals surface area contributed by atoms with Gasteiger partial charge in [0.1, 0.15) is 0 Å². The second-order valence-electron chi connectivity index (χ2n) is 7.04. The highest BCUT2D eigenvalue weighted by Crippen LogP contribution is 2.37. The van der Waals surface area contributed by atoms with E-state index in [9.17, 15) is 13.2 Å². The highest BCUT2D eigenvalue weighted by atomic mass is 32.2. The van der Waals surface area contributed by atoms with Gasteiger partial charge in [-0.05, 0) is 48.2 Å². The molecule has 1 aliphatic rings. The van der Waals surface area contributed by atoms with Crippen LogP contribution < -0.4 is 9.47 Å². The molecule has 0 aliphatic carbocycles. The number of sulfone groups is 1. The number of methoxy groups -OCH3 is 2. The third-order valence-corrected chi connectivity index (χ3v) is 5.79. The van der Waals surface area contributed by atoms with Gasteiger partial charge in [-0.25, -0.2) is 8.42 Å². The number of carbonyl (C=O) groups excluding carboxylic acids is 1. The molecule has 1 aliphatic heterocycles. The molecule has 1 atom stereocenters. The molecule has 6 nitrogen and oxygen atoms in total. The van der Waals surface area contributed by atoms with E-state index < -0.39 is 9.84 Å². The number of amides is 1. The number of hydrogen-bond acceptors (Lipinski definition) is 5. The average molecular weight is 404 g/mol. The van der Waals surface area contributed by atoms with E-state index in [-0.39, 0.29) is 17.7 Å². The first-order chi connectivity index (χ1) is 13.3. The molecule has 150 valence electrons. The van der Waals surface area contributed by atoms with Crippen molar-refractivity contribution in [2.75, 3.05) is 27.0 Å². The lowest BCUT2D eigenvalue weighted by atomic mass is 10.0. The van der Waals surface area contributed by atoms with Crippen molar-refractivity contribution >= 4 is 15.7 Å². The maximum atomic E-state index is 13.1. The predicted molar refractivity (Wildman–Crippen MR) is 108 cm³/mol. The first kappa shape index (κ1) is 20.2. The van der Waals surface area contributed by atoms with E-state index in [0.717, 1.165) is 18.4 Å². The van der Waals surface area contributed by atoms with Crippen LogP contribution in [0.4, 0.5) is 0 Å². The molecule has 2 aromatic rings. The van der Waals surface area contributed by atoms with Crippen molar-refractivity contribution in [1.29, 1.82) is 0 Å². The maximum Gasteiger partial charge on any atom is 0.254 e. The molecule has 0 bridgehead atoms. The number of ether oxygens (including phenoxy) is 2. The van der Waals surface area contributed by atoms with Crippen molar-refractivity contribution in [3.05, 3.63) is 59.2 Å². The Morgan fingerprint density at radius 2 is 1.75 bits per heavy atom. The second kappa shape index (κ2) is 8.22. The average Bonchev–Trinajstić information content (AvgIpc) is 3.16. The van der Waals surface area contributed by atoms with Crippen LogP contribution in [0.2, 0.25) is 0 Å². The van der Waals surface area contributed by atoms with Crippen LogP contribution in [0.3, 0.4) is 0 Å². The van der Waals surface area contributed by atoms with Gasteiger partial charge < -0.3 is 14.4 Å². The van der Waals surface area contributed by atoms with Crippen molar-refractivity contribution in [3.8, 4) is 11.5 Å². The fraction of sp³-hybridized carbons (Fsp3) is 0.381. The molecule has 7 heteroatoms. The first-order valence-corrected chi connectivity index (χ1v) is 11.2. The van der Waals surface area contributed by atoms with Crippen LogP contribution in [0.15, 0.2) is 42.5 Å². The molecular weight excluding hydrogens is 378 g/mol. The van der Waals surface area contributed by atoms with Gasteiger partial charge in [0.2, 0.25) is 0 Å². The van der Waals surface area contributed by atoms with Gasteiger partial charge in [-0.15, -0.1) is 0 Å². The van der Waals surface area contributed by atoms with Gasteiger partial charge >= 0.3 is 0 Å². The normalized spacial score (nSPS) is 16.8. The molecule has 1 amide bonds. The summed E-state index contributed by atoms with van der Waals surface area (Å²) in [7, 11) is 0.0875. The number of carbonyl (C=O) groups is 1. The number of rotatable bonds is 6. The second-order valence-corrected chi connectivity index (χ2v) is 9.18. The lowest BCUT2D eigenvalue weighted by molar-refractivity contribution is 0.0735. The summed E-state index contributed by atoms with van der Waals surface area (Å²) in [4.78, 5) is 14.9. The summed E-state index contributed by atoms with van der Waals surface area (Å²) in [6.45, 7) is 0.683. The minimum Gasteiger partial charge on any atom is -0.493 e. The summed E-state index contributed by atoms with van der Waals surface area (Å²) >= 11 is 0. The molecule has 3 rings (SSSR count). The SMILES string of the molecule is COc1ccc(C2CCCN2C(=O)c2ccc(CS(C)(=O)=O)cc2)cc1OC. The van der Waals surface area contributed by atoms with Crippen LogP contribution in [-0.2, 0) is 15.6 Å². The van der Waals surface area contributed by atoms with Crippen LogP contribution >= 0.6 is 0 Å². The van der Waals surface area contributed by atoms with Crippen molar-refractivity contribution in [2.45, 2.75) is 24.6 Å². The minimum absolute atomic E-state index is 0.0250. The van der Waals surface area contributed by atoms with Crippen molar-refractivity contribution < 1.29 is 22.7 Å². The number of benzene rings is 2. The molecule has 2 aromatic carbocycles. The van der Waals surface area contributed by atoms with Gasteiger partial charge in [-0.3, -0.25) is 4.79 Å². The van der Waals surface area contributed by atoms with E-state index in [4.69, 9.17) is 9.47 Å². The predicted octanol–water partition coefficient (Wildman–Crippen LogP) is 3.23. The van der Waals surface area contributed by atoms with Gasteiger partial charge in [0.15, 0.2) is 21.3 Å². The summed E-state index contributed by atoms with van der Waals surface area (Å²) in [6, 6.07) is 12.5. The Morgan fingerprint density at radius 1 is 1.07 bits per heavy atom. The number of likely N-dealkylation sites (tertiary alicyclic amines) is 1. The molecule has 0 N–H and O–H groups in total. The third-order valence-electron chi connectivity index (χ3n) is 4.94. The van der Waals surface area contributed by atoms with Crippen LogP contribution in [0.25, 0.3) is 0 Å². The maximum absolute atomic E-state index is 13.1. The molecule has 28 heavy (non-hydrogen) atoms. The smallest absolute Gasteiger partial charge is 0.254 e. The van der Waals surface area contributed by atoms with E-state index in [1.54, 1.807) is 38.5 Å². The molecule has 0 spiro atoms. The monoisotopic (exact) mass is 403 g/mol. The van der Waals surface area contributed by atoms with Gasteiger partial charge in [0.05, 0.1) is 26.0 Å². The zero-order chi connectivity index (χ0) is 20.3. The number of hydrogen-bond donors (Lipinski definition) is 0. The molecule has 1 heterocycles. The third kappa shape index (κ3) is 4.47. The Morgan fingerprint density at radius 3 is 2.36 bits per heavy atom. The van der Waals surface area contributed by atoms with E-state index in [2.05, 4.69) is 0 Å². The first-order valence-electron chi connectivity index (χ1n) is 9.12. The Bertz CT molecular complexity index is 953. The van der Waals surface area contributed by atoms with Crippen molar-refractivity contribution in [1.82, 2.24) is 4.90 Å². The number of nitrogens with zero attached hydrogens (tertiary/aromatic N) is 1. The minimum atomic E-state index is -3.10. The molecule has 1 fully saturated rings. The van der Waals surface area contributed by atoms with Gasteiger partial charge in [-0.2, -0.15) is 0 Å². The molecule has 0 saturated carbocycles. The van der Waals surface area contributed by atoms with E-state index >= 15 is 0 Å². The summed E-state index contributed by atoms with van der Waals surface area (Å²) in [5, 5.41) is 0. The Labute approximate surface area is 166 Å². The van der Waals surface area contributed by atoms with Crippen molar-refractivity contribution in [3.63, 3.8) is 0 Å². The van der Waals surface area contributed by atoms with Crippen LogP contribution in [0, 0.1) is 0 Å². The van der Waals surface area contributed by atoms with Crippen LogP contribution in [-0.4, -0.2) is 46.2 Å². The highest BCUT2D eigenvalue weighted by molar-refractivity contribution is 7.89. The van der Waals surface area contributed by atoms with E-state index in [0.29, 0.717) is 29.2 Å². The topological polar surface area (TPSA) is 72.9 Å². The fourth-order valence-corrected chi connectivity index (χ4v) is 4.43. The lowest BCUT2D eigenvalue weighted by Gasteiger charge is -2.26. The highest BCUT2D eigenvalue weighted by Gasteiger charge is 2.31. The summed E-state index contributed by atoms with van der Waals surface area (Å²) in [5.74, 6) is 1.22. The van der Waals surface area contributed by atoms with Gasteiger partial charge in [-0.1, -0.05) is 18.2 Å². The zero-order valence-electron chi connectivity index (χ0n) is 16.3. The standard InChI is InChI=1S/C21H25NO5S/c1-26-19-11-10-17(13-20(19)27-2)18-5-4-12-22(18)21(23)16-8-6-15(7-9-16)14-28(3,24)25/h6-11,13,18H,4-5,12,14H2,1-3H3. The van der Waals surface area contributed by atoms with E-state index in [1.165, 1.54) is 6.26 Å². The Kier molecular flexibility index (Phi) is 5.93. The van der Waals surface area contributed by atoms with Crippen LogP contribution in [0.5, 0.6) is 11.5 Å². The van der Waals surface area contributed by atoms with Gasteiger partial charge in [0, 0.05) is 18.4 Å². The molecule has 0 radical (unpaired) electrons. The lowest BCUT2D eigenvalue weighted by Crippen LogP contribution is -2.30. The Balaban J connectivity index is 1.81. The Hall–Kier alpha value is -2.54. The van der Waals surface area contributed by atoms with Crippen molar-refractivity contribution in [2.24, 2.45) is 0 Å². The fourth-order valence-electron chi connectivity index (χ4n) is 3.63. The summed E-state index contributed by atoms with van der Waals surface area (Å²) in [5.41, 5.74) is 2.25. The molecule has 1 saturated heterocycles. The summed E-state index contributed by atoms with van der Waals surface area (Å²) in [6.07, 6.45) is 3.01. The molecule has 0 aromatic heterocycles. The van der Waals surface area contributed by atoms with E-state index in [1.807, 2.05) is 23.1 Å². The largest absolute Gasteiger partial charge is 0.493 e.